The Bertz CT molecular complexity index is 502. The van der Waals surface area contributed by atoms with Gasteiger partial charge in [-0.25, -0.2) is 0 Å². The zero-order valence-corrected chi connectivity index (χ0v) is 11.4. The minimum Gasteiger partial charge on any atom is -0.330 e. The van der Waals surface area contributed by atoms with Crippen molar-refractivity contribution in [1.82, 2.24) is 4.90 Å². The molecule has 2 N–H and O–H groups in total. The second-order valence-electron chi connectivity index (χ2n) is 5.71. The second kappa shape index (κ2) is 4.52. The van der Waals surface area contributed by atoms with Crippen LogP contribution < -0.4 is 5.73 Å². The van der Waals surface area contributed by atoms with Crippen molar-refractivity contribution in [2.75, 3.05) is 26.7 Å². The van der Waals surface area contributed by atoms with Crippen molar-refractivity contribution in [3.05, 3.63) is 40.5 Å². The highest BCUT2D eigenvalue weighted by atomic mass is 15.1. The fourth-order valence-electron chi connectivity index (χ4n) is 3.47. The average Bonchev–Trinajstić information content (AvgIpc) is 2.64. The lowest BCUT2D eigenvalue weighted by Gasteiger charge is -2.26. The smallest absolute Gasteiger partial charge is 0.0236 e. The second-order valence-corrected chi connectivity index (χ2v) is 5.71. The van der Waals surface area contributed by atoms with Crippen LogP contribution in [0.4, 0.5) is 0 Å². The van der Waals surface area contributed by atoms with Gasteiger partial charge in [-0.2, -0.15) is 0 Å². The fraction of sp³-hybridized carbons (Fsp3) is 0.500. The van der Waals surface area contributed by atoms with Crippen molar-refractivity contribution in [2.24, 2.45) is 5.73 Å². The maximum absolute atomic E-state index is 5.81. The molecule has 3 rings (SSSR count). The third kappa shape index (κ3) is 1.80. The van der Waals surface area contributed by atoms with Crippen molar-refractivity contribution in [3.63, 3.8) is 0 Å². The van der Waals surface area contributed by atoms with Gasteiger partial charge in [0, 0.05) is 19.0 Å². The van der Waals surface area contributed by atoms with Gasteiger partial charge in [-0.05, 0) is 50.1 Å². The Morgan fingerprint density at radius 2 is 2.22 bits per heavy atom. The number of nitrogens with zero attached hydrogens (tertiary/aromatic N) is 1. The van der Waals surface area contributed by atoms with Crippen LogP contribution in [0.3, 0.4) is 0 Å². The molecule has 0 radical (unpaired) electrons. The molecule has 2 aliphatic rings. The van der Waals surface area contributed by atoms with Gasteiger partial charge in [0.05, 0.1) is 0 Å². The molecular weight excluding hydrogens is 220 g/mol. The lowest BCUT2D eigenvalue weighted by Crippen LogP contribution is -2.27. The van der Waals surface area contributed by atoms with E-state index >= 15 is 0 Å². The summed E-state index contributed by atoms with van der Waals surface area (Å²) in [5.74, 6) is 0.592. The molecule has 1 aromatic carbocycles. The van der Waals surface area contributed by atoms with E-state index in [0.717, 1.165) is 19.5 Å². The molecule has 0 saturated heterocycles. The number of benzene rings is 1. The zero-order valence-electron chi connectivity index (χ0n) is 11.4. The zero-order chi connectivity index (χ0) is 12.7. The first-order chi connectivity index (χ1) is 8.70. The summed E-state index contributed by atoms with van der Waals surface area (Å²) in [6.45, 7) is 5.26. The van der Waals surface area contributed by atoms with E-state index in [1.807, 2.05) is 0 Å². The molecule has 0 aromatic heterocycles. The summed E-state index contributed by atoms with van der Waals surface area (Å²) in [6, 6.07) is 6.92. The topological polar surface area (TPSA) is 29.3 Å². The predicted octanol–water partition coefficient (Wildman–Crippen LogP) is 2.53. The van der Waals surface area contributed by atoms with E-state index < -0.39 is 0 Å². The van der Waals surface area contributed by atoms with Crippen LogP contribution in [0.2, 0.25) is 0 Å². The lowest BCUT2D eigenvalue weighted by molar-refractivity contribution is 0.363. The number of hydrogen-bond donors (Lipinski definition) is 1. The largest absolute Gasteiger partial charge is 0.330 e. The molecule has 1 unspecified atom stereocenters. The first-order valence-corrected chi connectivity index (χ1v) is 6.92. The minimum absolute atomic E-state index is 0.592. The Hall–Kier alpha value is -1.12. The number of rotatable bonds is 2. The fourth-order valence-corrected chi connectivity index (χ4v) is 3.47. The maximum Gasteiger partial charge on any atom is 0.0236 e. The van der Waals surface area contributed by atoms with Crippen molar-refractivity contribution in [3.8, 4) is 0 Å². The van der Waals surface area contributed by atoms with Gasteiger partial charge in [0.25, 0.3) is 0 Å². The van der Waals surface area contributed by atoms with Crippen LogP contribution in [0.1, 0.15) is 35.4 Å². The van der Waals surface area contributed by atoms with Crippen LogP contribution in [-0.2, 0) is 0 Å². The highest BCUT2D eigenvalue weighted by Crippen LogP contribution is 2.46. The molecule has 0 spiro atoms. The lowest BCUT2D eigenvalue weighted by atomic mass is 9.89. The third-order valence-electron chi connectivity index (χ3n) is 4.36. The molecule has 1 aromatic rings. The third-order valence-corrected chi connectivity index (χ3v) is 4.36. The summed E-state index contributed by atoms with van der Waals surface area (Å²) < 4.78 is 0. The van der Waals surface area contributed by atoms with Crippen LogP contribution in [0.25, 0.3) is 5.57 Å². The normalized spacial score (nSPS) is 23.2. The van der Waals surface area contributed by atoms with Gasteiger partial charge in [-0.15, -0.1) is 0 Å². The van der Waals surface area contributed by atoms with Gasteiger partial charge < -0.3 is 10.6 Å². The SMILES string of the molecule is Cc1ccc2c(c1)C1=C(CCN(C)C1)C2CCN. The molecule has 0 saturated carbocycles. The number of nitrogens with two attached hydrogens (primary N) is 1. The molecule has 1 heterocycles. The minimum atomic E-state index is 0.592. The van der Waals surface area contributed by atoms with Crippen molar-refractivity contribution >= 4 is 5.57 Å². The quantitative estimate of drug-likeness (QED) is 0.863. The molecule has 96 valence electrons. The van der Waals surface area contributed by atoms with Gasteiger partial charge in [0.2, 0.25) is 0 Å². The summed E-state index contributed by atoms with van der Waals surface area (Å²) in [7, 11) is 2.22. The predicted molar refractivity (Wildman–Crippen MR) is 76.6 cm³/mol. The molecule has 0 bridgehead atoms. The molecule has 0 amide bonds. The molecule has 2 nitrogen and oxygen atoms in total. The number of hydrogen-bond acceptors (Lipinski definition) is 2. The van der Waals surface area contributed by atoms with Crippen molar-refractivity contribution in [2.45, 2.75) is 25.7 Å². The summed E-state index contributed by atoms with van der Waals surface area (Å²) in [5, 5.41) is 0. The molecule has 1 atom stereocenters. The summed E-state index contributed by atoms with van der Waals surface area (Å²) in [5.41, 5.74) is 13.4. The van der Waals surface area contributed by atoms with Crippen molar-refractivity contribution < 1.29 is 0 Å². The molecule has 18 heavy (non-hydrogen) atoms. The van der Waals surface area contributed by atoms with Crippen LogP contribution in [0.5, 0.6) is 0 Å². The Morgan fingerprint density at radius 1 is 1.39 bits per heavy atom. The van der Waals surface area contributed by atoms with E-state index in [9.17, 15) is 0 Å². The van der Waals surface area contributed by atoms with E-state index in [4.69, 9.17) is 5.73 Å². The van der Waals surface area contributed by atoms with E-state index in [2.05, 4.69) is 37.1 Å². The molecule has 1 aliphatic heterocycles. The van der Waals surface area contributed by atoms with Gasteiger partial charge in [0.15, 0.2) is 0 Å². The van der Waals surface area contributed by atoms with Gasteiger partial charge in [-0.3, -0.25) is 0 Å². The highest BCUT2D eigenvalue weighted by molar-refractivity contribution is 5.80. The van der Waals surface area contributed by atoms with Gasteiger partial charge in [0.1, 0.15) is 0 Å². The average molecular weight is 242 g/mol. The first kappa shape index (κ1) is 11.9. The Labute approximate surface area is 109 Å². The summed E-state index contributed by atoms with van der Waals surface area (Å²) >= 11 is 0. The van der Waals surface area contributed by atoms with Crippen LogP contribution in [0, 0.1) is 6.92 Å². The van der Waals surface area contributed by atoms with Crippen LogP contribution >= 0.6 is 0 Å². The monoisotopic (exact) mass is 242 g/mol. The van der Waals surface area contributed by atoms with Crippen LogP contribution in [-0.4, -0.2) is 31.6 Å². The van der Waals surface area contributed by atoms with E-state index in [1.54, 1.807) is 11.1 Å². The van der Waals surface area contributed by atoms with E-state index in [-0.39, 0.29) is 0 Å². The van der Waals surface area contributed by atoms with E-state index in [0.29, 0.717) is 5.92 Å². The molecule has 0 fully saturated rings. The first-order valence-electron chi connectivity index (χ1n) is 6.92. The summed E-state index contributed by atoms with van der Waals surface area (Å²) in [4.78, 5) is 2.43. The molecular formula is C16H22N2. The van der Waals surface area contributed by atoms with Gasteiger partial charge in [-0.1, -0.05) is 29.3 Å². The molecule has 1 aliphatic carbocycles. The number of aryl methyl sites for hydroxylation is 1. The molecule has 2 heteroatoms. The highest BCUT2D eigenvalue weighted by Gasteiger charge is 2.32. The Balaban J connectivity index is 2.09. The number of likely N-dealkylation sites (N-methyl/N-ethyl adjacent to an activating group) is 1. The standard InChI is InChI=1S/C16H22N2/c1-11-3-4-12-13(5-7-17)14-6-8-18(2)10-16(14)15(12)9-11/h3-4,9,13H,5-8,10,17H2,1-2H3. The Kier molecular flexibility index (Phi) is 3.00. The maximum atomic E-state index is 5.81. The van der Waals surface area contributed by atoms with E-state index in [1.165, 1.54) is 29.7 Å². The summed E-state index contributed by atoms with van der Waals surface area (Å²) in [6.07, 6.45) is 2.31. The van der Waals surface area contributed by atoms with Crippen LogP contribution in [0.15, 0.2) is 23.8 Å². The van der Waals surface area contributed by atoms with Crippen molar-refractivity contribution in [1.29, 1.82) is 0 Å². The number of fused-ring (bicyclic) bond motifs is 2. The Morgan fingerprint density at radius 3 is 3.00 bits per heavy atom. The van der Waals surface area contributed by atoms with Gasteiger partial charge >= 0.3 is 0 Å².